The van der Waals surface area contributed by atoms with Crippen molar-refractivity contribution < 1.29 is 9.18 Å². The third-order valence-electron chi connectivity index (χ3n) is 4.14. The number of thiazole rings is 1. The number of halogens is 1. The normalized spacial score (nSPS) is 14.0. The van der Waals surface area contributed by atoms with Crippen LogP contribution in [-0.2, 0) is 11.2 Å². The van der Waals surface area contributed by atoms with E-state index < -0.39 is 0 Å². The van der Waals surface area contributed by atoms with Crippen molar-refractivity contribution in [2.45, 2.75) is 38.5 Å². The Balaban J connectivity index is 1.43. The second-order valence-corrected chi connectivity index (χ2v) is 7.02. The molecule has 1 aliphatic rings. The second-order valence-electron chi connectivity index (χ2n) is 6.16. The van der Waals surface area contributed by atoms with Crippen molar-refractivity contribution in [2.24, 2.45) is 0 Å². The first kappa shape index (κ1) is 17.6. The summed E-state index contributed by atoms with van der Waals surface area (Å²) in [5.41, 5.74) is 2.97. The van der Waals surface area contributed by atoms with Crippen LogP contribution >= 0.6 is 11.3 Å². The fourth-order valence-electron chi connectivity index (χ4n) is 2.82. The van der Waals surface area contributed by atoms with Gasteiger partial charge in [-0.1, -0.05) is 11.6 Å². The number of amides is 1. The number of hydrogen-bond acceptors (Lipinski definition) is 4. The van der Waals surface area contributed by atoms with Crippen molar-refractivity contribution in [1.82, 2.24) is 10.3 Å². The minimum atomic E-state index is -0.272. The molecular formula is C19H22FN3OS. The summed E-state index contributed by atoms with van der Waals surface area (Å²) in [7, 11) is 0. The van der Waals surface area contributed by atoms with E-state index in [0.29, 0.717) is 11.7 Å². The van der Waals surface area contributed by atoms with E-state index in [0.717, 1.165) is 17.8 Å². The monoisotopic (exact) mass is 359 g/mol. The quantitative estimate of drug-likeness (QED) is 0.712. The number of benzene rings is 1. The maximum atomic E-state index is 12.9. The van der Waals surface area contributed by atoms with Crippen LogP contribution < -0.4 is 10.6 Å². The third-order valence-corrected chi connectivity index (χ3v) is 4.95. The smallest absolute Gasteiger partial charge is 0.226 e. The Hall–Kier alpha value is -2.21. The zero-order chi connectivity index (χ0) is 17.5. The summed E-state index contributed by atoms with van der Waals surface area (Å²) < 4.78 is 12.9. The second kappa shape index (κ2) is 8.76. The Morgan fingerprint density at radius 2 is 2.08 bits per heavy atom. The molecule has 0 radical (unpaired) electrons. The van der Waals surface area contributed by atoms with Crippen LogP contribution in [0, 0.1) is 5.82 Å². The molecule has 6 heteroatoms. The van der Waals surface area contributed by atoms with Gasteiger partial charge in [0.2, 0.25) is 5.91 Å². The van der Waals surface area contributed by atoms with Gasteiger partial charge in [-0.2, -0.15) is 0 Å². The molecule has 1 aromatic heterocycles. The van der Waals surface area contributed by atoms with Gasteiger partial charge in [0.15, 0.2) is 5.13 Å². The highest BCUT2D eigenvalue weighted by molar-refractivity contribution is 7.13. The number of nitrogens with zero attached hydrogens (tertiary/aromatic N) is 1. The van der Waals surface area contributed by atoms with Crippen LogP contribution in [0.2, 0.25) is 0 Å². The largest absolute Gasteiger partial charge is 0.355 e. The highest BCUT2D eigenvalue weighted by atomic mass is 32.1. The molecule has 1 aliphatic carbocycles. The highest BCUT2D eigenvalue weighted by Crippen LogP contribution is 2.22. The number of anilines is 2. The van der Waals surface area contributed by atoms with E-state index in [-0.39, 0.29) is 18.1 Å². The Morgan fingerprint density at radius 1 is 1.24 bits per heavy atom. The lowest BCUT2D eigenvalue weighted by molar-refractivity contribution is -0.120. The van der Waals surface area contributed by atoms with Crippen molar-refractivity contribution in [3.05, 3.63) is 52.8 Å². The summed E-state index contributed by atoms with van der Waals surface area (Å²) in [5, 5.41) is 8.65. The number of carbonyl (C=O) groups excluding carboxylic acids is 1. The predicted molar refractivity (Wildman–Crippen MR) is 99.7 cm³/mol. The average Bonchev–Trinajstić information content (AvgIpc) is 3.05. The van der Waals surface area contributed by atoms with E-state index in [9.17, 15) is 9.18 Å². The first-order chi connectivity index (χ1) is 12.2. The van der Waals surface area contributed by atoms with E-state index in [1.54, 1.807) is 12.1 Å². The van der Waals surface area contributed by atoms with Gasteiger partial charge in [0, 0.05) is 17.6 Å². The first-order valence-corrected chi connectivity index (χ1v) is 9.48. The molecule has 0 saturated carbocycles. The van der Waals surface area contributed by atoms with Crippen LogP contribution in [0.1, 0.15) is 37.8 Å². The summed E-state index contributed by atoms with van der Waals surface area (Å²) in [6, 6.07) is 6.10. The van der Waals surface area contributed by atoms with Crippen molar-refractivity contribution >= 4 is 28.1 Å². The molecule has 0 unspecified atom stereocenters. The number of aromatic nitrogens is 1. The molecule has 2 N–H and O–H groups in total. The lowest BCUT2D eigenvalue weighted by Gasteiger charge is -2.12. The lowest BCUT2D eigenvalue weighted by Crippen LogP contribution is -2.26. The molecule has 0 atom stereocenters. The summed E-state index contributed by atoms with van der Waals surface area (Å²) in [5.74, 6) is -0.277. The Bertz CT molecular complexity index is 739. The van der Waals surface area contributed by atoms with Gasteiger partial charge in [-0.15, -0.1) is 11.3 Å². The van der Waals surface area contributed by atoms with Crippen LogP contribution in [0.25, 0.3) is 0 Å². The van der Waals surface area contributed by atoms with Crippen LogP contribution in [0.15, 0.2) is 41.3 Å². The molecule has 0 aliphatic heterocycles. The fraction of sp³-hybridized carbons (Fsp3) is 0.368. The molecule has 4 nitrogen and oxygen atoms in total. The molecule has 1 heterocycles. The van der Waals surface area contributed by atoms with Gasteiger partial charge in [0.05, 0.1) is 12.1 Å². The van der Waals surface area contributed by atoms with Crippen LogP contribution in [0.3, 0.4) is 0 Å². The van der Waals surface area contributed by atoms with Crippen molar-refractivity contribution in [2.75, 3.05) is 11.9 Å². The molecule has 132 valence electrons. The number of rotatable bonds is 7. The van der Waals surface area contributed by atoms with Gasteiger partial charge in [-0.05, 0) is 56.4 Å². The van der Waals surface area contributed by atoms with E-state index in [1.807, 2.05) is 5.38 Å². The number of carbonyl (C=O) groups is 1. The van der Waals surface area contributed by atoms with Crippen molar-refractivity contribution in [1.29, 1.82) is 0 Å². The number of hydrogen-bond donors (Lipinski definition) is 2. The Kier molecular flexibility index (Phi) is 6.17. The maximum absolute atomic E-state index is 12.9. The molecule has 2 aromatic rings. The topological polar surface area (TPSA) is 54.0 Å². The van der Waals surface area contributed by atoms with Crippen molar-refractivity contribution in [3.63, 3.8) is 0 Å². The predicted octanol–water partition coefficient (Wildman–Crippen LogP) is 4.58. The molecule has 0 spiro atoms. The van der Waals surface area contributed by atoms with Crippen LogP contribution in [0.5, 0.6) is 0 Å². The summed E-state index contributed by atoms with van der Waals surface area (Å²) in [4.78, 5) is 16.4. The standard InChI is InChI=1S/C19H22FN3OS/c20-15-6-8-16(9-7-15)22-19-23-17(13-25-19)12-18(24)21-11-10-14-4-2-1-3-5-14/h4,6-9,13H,1-3,5,10-12H2,(H,21,24)(H,22,23). The summed E-state index contributed by atoms with van der Waals surface area (Å²) in [6.45, 7) is 0.690. The first-order valence-electron chi connectivity index (χ1n) is 8.60. The maximum Gasteiger partial charge on any atom is 0.226 e. The molecule has 3 rings (SSSR count). The van der Waals surface area contributed by atoms with Crippen LogP contribution in [-0.4, -0.2) is 17.4 Å². The molecule has 1 aromatic carbocycles. The number of allylic oxidation sites excluding steroid dienone is 1. The summed E-state index contributed by atoms with van der Waals surface area (Å²) in [6.07, 6.45) is 8.42. The Morgan fingerprint density at radius 3 is 2.84 bits per heavy atom. The summed E-state index contributed by atoms with van der Waals surface area (Å²) >= 11 is 1.43. The zero-order valence-corrected chi connectivity index (χ0v) is 14.9. The van der Waals surface area contributed by atoms with Gasteiger partial charge in [0.25, 0.3) is 0 Å². The van der Waals surface area contributed by atoms with E-state index >= 15 is 0 Å². The highest BCUT2D eigenvalue weighted by Gasteiger charge is 2.09. The Labute approximate surface area is 151 Å². The van der Waals surface area contributed by atoms with Gasteiger partial charge >= 0.3 is 0 Å². The van der Waals surface area contributed by atoms with E-state index in [1.165, 1.54) is 54.7 Å². The van der Waals surface area contributed by atoms with Gasteiger partial charge in [0.1, 0.15) is 5.82 Å². The average molecular weight is 359 g/mol. The van der Waals surface area contributed by atoms with Crippen molar-refractivity contribution in [3.8, 4) is 0 Å². The molecular weight excluding hydrogens is 337 g/mol. The molecule has 0 fully saturated rings. The fourth-order valence-corrected chi connectivity index (χ4v) is 3.55. The molecule has 0 saturated heterocycles. The number of nitrogens with one attached hydrogen (secondary N) is 2. The lowest BCUT2D eigenvalue weighted by atomic mass is 9.97. The molecule has 0 bridgehead atoms. The third kappa shape index (κ3) is 5.67. The SMILES string of the molecule is O=C(Cc1csc(Nc2ccc(F)cc2)n1)NCCC1=CCCCC1. The minimum Gasteiger partial charge on any atom is -0.355 e. The minimum absolute atomic E-state index is 0.00459. The van der Waals surface area contributed by atoms with E-state index in [2.05, 4.69) is 21.7 Å². The van der Waals surface area contributed by atoms with E-state index in [4.69, 9.17) is 0 Å². The molecule has 1 amide bonds. The van der Waals surface area contributed by atoms with Gasteiger partial charge in [-0.3, -0.25) is 4.79 Å². The van der Waals surface area contributed by atoms with Gasteiger partial charge < -0.3 is 10.6 Å². The molecule has 25 heavy (non-hydrogen) atoms. The zero-order valence-electron chi connectivity index (χ0n) is 14.1. The van der Waals surface area contributed by atoms with Gasteiger partial charge in [-0.25, -0.2) is 9.37 Å². The van der Waals surface area contributed by atoms with Crippen LogP contribution in [0.4, 0.5) is 15.2 Å².